The molecule has 7 heteroatoms. The van der Waals surface area contributed by atoms with Crippen molar-refractivity contribution < 1.29 is 13.9 Å². The largest absolute Gasteiger partial charge is 0.375 e. The molecule has 3 aromatic rings. The molecule has 3 heterocycles. The number of ether oxygens (including phenoxy) is 1. The first-order chi connectivity index (χ1) is 14.4. The number of carbonyl (C=O) groups excluding carboxylic acids is 1. The second kappa shape index (κ2) is 8.07. The van der Waals surface area contributed by atoms with Gasteiger partial charge in [0.15, 0.2) is 5.82 Å². The molecule has 1 aliphatic rings. The second-order valence-corrected chi connectivity index (χ2v) is 7.87. The van der Waals surface area contributed by atoms with E-state index in [0.29, 0.717) is 37.8 Å². The van der Waals surface area contributed by atoms with Gasteiger partial charge in [0.05, 0.1) is 11.6 Å². The molecule has 1 aliphatic heterocycles. The minimum atomic E-state index is -0.250. The number of fused-ring (bicyclic) bond motifs is 1. The molecule has 158 valence electrons. The number of anilines is 1. The minimum Gasteiger partial charge on any atom is -0.375 e. The summed E-state index contributed by atoms with van der Waals surface area (Å²) in [5, 5.41) is 4.32. The fourth-order valence-corrected chi connectivity index (χ4v) is 3.83. The van der Waals surface area contributed by atoms with E-state index in [4.69, 9.17) is 4.74 Å². The maximum Gasteiger partial charge on any atom is 0.272 e. The number of halogens is 1. The number of rotatable bonds is 6. The summed E-state index contributed by atoms with van der Waals surface area (Å²) in [5.74, 6) is 0.282. The van der Waals surface area contributed by atoms with E-state index in [2.05, 4.69) is 15.3 Å². The number of nitrogens with one attached hydrogen (secondary N) is 2. The van der Waals surface area contributed by atoms with Crippen molar-refractivity contribution in [2.45, 2.75) is 40.3 Å². The molecule has 0 bridgehead atoms. The zero-order valence-electron chi connectivity index (χ0n) is 17.8. The molecule has 0 unspecified atom stereocenters. The van der Waals surface area contributed by atoms with Crippen molar-refractivity contribution in [3.05, 3.63) is 58.2 Å². The van der Waals surface area contributed by atoms with Crippen LogP contribution in [0, 0.1) is 26.6 Å². The van der Waals surface area contributed by atoms with Crippen LogP contribution in [0.25, 0.3) is 10.9 Å². The van der Waals surface area contributed by atoms with Gasteiger partial charge in [-0.15, -0.1) is 0 Å². The van der Waals surface area contributed by atoms with Gasteiger partial charge in [0.25, 0.3) is 5.91 Å². The number of aryl methyl sites for hydroxylation is 3. The molecule has 0 atom stereocenters. The number of nitrogens with zero attached hydrogens (tertiary/aromatic N) is 2. The number of carbonyl (C=O) groups is 1. The first-order valence-electron chi connectivity index (χ1n) is 10.3. The molecular weight excluding hydrogens is 383 g/mol. The van der Waals surface area contributed by atoms with Gasteiger partial charge in [-0.2, -0.15) is 0 Å². The molecule has 0 aliphatic carbocycles. The van der Waals surface area contributed by atoms with E-state index in [1.807, 2.05) is 33.8 Å². The molecule has 1 amide bonds. The van der Waals surface area contributed by atoms with E-state index in [0.717, 1.165) is 33.3 Å². The van der Waals surface area contributed by atoms with Crippen LogP contribution in [-0.2, 0) is 11.3 Å². The summed E-state index contributed by atoms with van der Waals surface area (Å²) < 4.78 is 19.0. The highest BCUT2D eigenvalue weighted by Crippen LogP contribution is 2.29. The smallest absolute Gasteiger partial charge is 0.272 e. The van der Waals surface area contributed by atoms with E-state index < -0.39 is 0 Å². The monoisotopic (exact) mass is 410 g/mol. The number of hydrogen-bond donors (Lipinski definition) is 2. The molecule has 0 spiro atoms. The maximum absolute atomic E-state index is 13.4. The molecule has 0 radical (unpaired) electrons. The summed E-state index contributed by atoms with van der Waals surface area (Å²) >= 11 is 0. The summed E-state index contributed by atoms with van der Waals surface area (Å²) in [6.45, 7) is 10.2. The number of hydrogen-bond acceptors (Lipinski definition) is 4. The number of benzene rings is 1. The van der Waals surface area contributed by atoms with Crippen LogP contribution in [0.4, 0.5) is 10.2 Å². The van der Waals surface area contributed by atoms with Gasteiger partial charge in [-0.25, -0.2) is 9.37 Å². The lowest BCUT2D eigenvalue weighted by Crippen LogP contribution is -2.54. The van der Waals surface area contributed by atoms with E-state index >= 15 is 0 Å². The third-order valence-electron chi connectivity index (χ3n) is 5.81. The highest BCUT2D eigenvalue weighted by atomic mass is 19.1. The predicted octanol–water partition coefficient (Wildman–Crippen LogP) is 4.10. The maximum atomic E-state index is 13.4. The van der Waals surface area contributed by atoms with Gasteiger partial charge in [-0.05, 0) is 62.6 Å². The van der Waals surface area contributed by atoms with Crippen molar-refractivity contribution in [2.75, 3.05) is 25.0 Å². The zero-order chi connectivity index (χ0) is 21.4. The van der Waals surface area contributed by atoms with Crippen LogP contribution in [-0.4, -0.2) is 46.6 Å². The SMILES string of the molecule is CCOC1CN(C(=O)c2cc3c(C)c(C)[nH]c3c(NCc3ccc(F)cc3C)n2)C1. The third-order valence-corrected chi connectivity index (χ3v) is 5.81. The molecular formula is C23H27FN4O2. The highest BCUT2D eigenvalue weighted by Gasteiger charge is 2.32. The summed E-state index contributed by atoms with van der Waals surface area (Å²) in [5.41, 5.74) is 5.27. The number of likely N-dealkylation sites (tertiary alicyclic amines) is 1. The molecule has 30 heavy (non-hydrogen) atoms. The van der Waals surface area contributed by atoms with E-state index in [1.54, 1.807) is 11.0 Å². The van der Waals surface area contributed by atoms with Crippen LogP contribution < -0.4 is 5.32 Å². The fraction of sp³-hybridized carbons (Fsp3) is 0.391. The summed E-state index contributed by atoms with van der Waals surface area (Å²) in [7, 11) is 0. The summed E-state index contributed by atoms with van der Waals surface area (Å²) in [6, 6.07) is 6.60. The number of aromatic nitrogens is 2. The van der Waals surface area contributed by atoms with Crippen molar-refractivity contribution in [2.24, 2.45) is 0 Å². The van der Waals surface area contributed by atoms with E-state index in [-0.39, 0.29) is 17.8 Å². The van der Waals surface area contributed by atoms with Crippen LogP contribution in [0.5, 0.6) is 0 Å². The standard InChI is InChI=1S/C23H27FN4O2/c1-5-30-18-11-28(12-18)23(29)20-9-19-14(3)15(4)26-21(19)22(27-20)25-10-16-6-7-17(24)8-13(16)2/h6-9,18,26H,5,10-12H2,1-4H3,(H,25,27). The fourth-order valence-electron chi connectivity index (χ4n) is 3.83. The van der Waals surface area contributed by atoms with Gasteiger partial charge in [-0.3, -0.25) is 4.79 Å². The topological polar surface area (TPSA) is 70.2 Å². The van der Waals surface area contributed by atoms with Gasteiger partial charge >= 0.3 is 0 Å². The Morgan fingerprint density at radius 3 is 2.77 bits per heavy atom. The molecule has 2 aromatic heterocycles. The van der Waals surface area contributed by atoms with Gasteiger partial charge in [0, 0.05) is 37.3 Å². The average Bonchev–Trinajstić information content (AvgIpc) is 2.97. The average molecular weight is 410 g/mol. The van der Waals surface area contributed by atoms with Crippen LogP contribution in [0.3, 0.4) is 0 Å². The molecule has 0 saturated carbocycles. The number of pyridine rings is 1. The Balaban J connectivity index is 1.63. The van der Waals surface area contributed by atoms with Crippen LogP contribution >= 0.6 is 0 Å². The normalized spacial score (nSPS) is 14.2. The number of H-pyrrole nitrogens is 1. The Kier molecular flexibility index (Phi) is 5.47. The molecule has 6 nitrogen and oxygen atoms in total. The quantitative estimate of drug-likeness (QED) is 0.642. The van der Waals surface area contributed by atoms with Gasteiger partial charge in [-0.1, -0.05) is 6.07 Å². The first kappa shape index (κ1) is 20.3. The molecule has 1 fully saturated rings. The van der Waals surface area contributed by atoms with Crippen LogP contribution in [0.1, 0.15) is 39.8 Å². The van der Waals surface area contributed by atoms with E-state index in [9.17, 15) is 9.18 Å². The molecule has 4 rings (SSSR count). The first-order valence-corrected chi connectivity index (χ1v) is 10.3. The van der Waals surface area contributed by atoms with Crippen LogP contribution in [0.2, 0.25) is 0 Å². The van der Waals surface area contributed by atoms with Crippen molar-refractivity contribution in [1.29, 1.82) is 0 Å². The third kappa shape index (κ3) is 3.77. The Bertz CT molecular complexity index is 1100. The number of amides is 1. The Morgan fingerprint density at radius 2 is 2.07 bits per heavy atom. The Labute approximate surface area is 175 Å². The van der Waals surface area contributed by atoms with E-state index in [1.165, 1.54) is 12.1 Å². The van der Waals surface area contributed by atoms with Crippen molar-refractivity contribution in [1.82, 2.24) is 14.9 Å². The minimum absolute atomic E-state index is 0.0906. The predicted molar refractivity (Wildman–Crippen MR) is 115 cm³/mol. The Hall–Kier alpha value is -2.93. The highest BCUT2D eigenvalue weighted by molar-refractivity contribution is 6.01. The van der Waals surface area contributed by atoms with Gasteiger partial charge in [0.1, 0.15) is 11.5 Å². The number of aromatic amines is 1. The van der Waals surface area contributed by atoms with Crippen molar-refractivity contribution in [3.63, 3.8) is 0 Å². The Morgan fingerprint density at radius 1 is 1.30 bits per heavy atom. The molecule has 1 aromatic carbocycles. The van der Waals surface area contributed by atoms with Crippen LogP contribution in [0.15, 0.2) is 24.3 Å². The van der Waals surface area contributed by atoms with Gasteiger partial charge in [0.2, 0.25) is 0 Å². The second-order valence-electron chi connectivity index (χ2n) is 7.87. The zero-order valence-corrected chi connectivity index (χ0v) is 17.8. The molecule has 2 N–H and O–H groups in total. The molecule has 1 saturated heterocycles. The lowest BCUT2D eigenvalue weighted by molar-refractivity contribution is -0.0380. The van der Waals surface area contributed by atoms with Gasteiger partial charge < -0.3 is 19.9 Å². The van der Waals surface area contributed by atoms with Crippen molar-refractivity contribution >= 4 is 22.6 Å². The summed E-state index contributed by atoms with van der Waals surface area (Å²) in [6.07, 6.45) is 0.109. The summed E-state index contributed by atoms with van der Waals surface area (Å²) in [4.78, 5) is 22.8. The van der Waals surface area contributed by atoms with Crippen molar-refractivity contribution in [3.8, 4) is 0 Å². The lowest BCUT2D eigenvalue weighted by atomic mass is 10.1. The lowest BCUT2D eigenvalue weighted by Gasteiger charge is -2.38.